The van der Waals surface area contributed by atoms with Crippen molar-refractivity contribution in [2.75, 3.05) is 26.2 Å². The summed E-state index contributed by atoms with van der Waals surface area (Å²) >= 11 is 1.58. The van der Waals surface area contributed by atoms with Gasteiger partial charge in [-0.15, -0.1) is 36.2 Å². The van der Waals surface area contributed by atoms with Crippen LogP contribution in [0, 0.1) is 11.6 Å². The lowest BCUT2D eigenvalue weighted by Crippen LogP contribution is -2.45. The van der Waals surface area contributed by atoms with Gasteiger partial charge >= 0.3 is 0 Å². The number of benzene rings is 1. The van der Waals surface area contributed by atoms with Gasteiger partial charge in [-0.25, -0.2) is 8.78 Å². The van der Waals surface area contributed by atoms with E-state index in [9.17, 15) is 8.78 Å². The molecule has 1 aromatic carbocycles. The van der Waals surface area contributed by atoms with E-state index >= 15 is 0 Å². The first kappa shape index (κ1) is 19.3. The van der Waals surface area contributed by atoms with E-state index in [-0.39, 0.29) is 30.9 Å². The summed E-state index contributed by atoms with van der Waals surface area (Å²) in [4.78, 5) is 3.26. The highest BCUT2D eigenvalue weighted by atomic mass is 35.5. The van der Waals surface area contributed by atoms with E-state index in [1.54, 1.807) is 23.5 Å². The number of hydrogen-bond acceptors (Lipinski definition) is 3. The van der Waals surface area contributed by atoms with Gasteiger partial charge in [0, 0.05) is 36.6 Å². The molecule has 3 rings (SSSR count). The van der Waals surface area contributed by atoms with Crippen molar-refractivity contribution < 1.29 is 8.78 Å². The Labute approximate surface area is 145 Å². The van der Waals surface area contributed by atoms with Crippen molar-refractivity contribution in [3.8, 4) is 0 Å². The number of hydrogen-bond donors (Lipinski definition) is 1. The van der Waals surface area contributed by atoms with Crippen LogP contribution in [0.15, 0.2) is 35.7 Å². The van der Waals surface area contributed by atoms with Crippen LogP contribution in [0.25, 0.3) is 0 Å². The zero-order valence-electron chi connectivity index (χ0n) is 11.8. The van der Waals surface area contributed by atoms with Gasteiger partial charge in [0.2, 0.25) is 0 Å². The fraction of sp³-hybridized carbons (Fsp3) is 0.333. The number of thiophene rings is 1. The van der Waals surface area contributed by atoms with Crippen LogP contribution in [0.4, 0.5) is 8.78 Å². The van der Waals surface area contributed by atoms with Crippen molar-refractivity contribution >= 4 is 36.2 Å². The summed E-state index contributed by atoms with van der Waals surface area (Å²) in [6, 6.07) is 8.17. The molecule has 122 valence electrons. The maximum atomic E-state index is 14.2. The number of nitrogens with one attached hydrogen (secondary N) is 1. The Hall–Kier alpha value is -0.720. The molecular weight excluding hydrogens is 349 g/mol. The lowest BCUT2D eigenvalue weighted by atomic mass is 10.0. The van der Waals surface area contributed by atoms with E-state index < -0.39 is 11.6 Å². The zero-order chi connectivity index (χ0) is 13.9. The first-order valence-corrected chi connectivity index (χ1v) is 7.57. The summed E-state index contributed by atoms with van der Waals surface area (Å²) < 4.78 is 27.7. The SMILES string of the molecule is Cl.Cl.Fc1cccc([C@H](c2cccs2)N2CCNCC2)c1F. The van der Waals surface area contributed by atoms with Gasteiger partial charge in [0.1, 0.15) is 0 Å². The molecule has 1 aliphatic rings. The number of rotatable bonds is 3. The largest absolute Gasteiger partial charge is 0.314 e. The van der Waals surface area contributed by atoms with Crippen LogP contribution in [-0.2, 0) is 0 Å². The fourth-order valence-corrected chi connectivity index (χ4v) is 3.53. The Morgan fingerprint density at radius 1 is 1.05 bits per heavy atom. The first-order chi connectivity index (χ1) is 9.77. The lowest BCUT2D eigenvalue weighted by Gasteiger charge is -2.34. The van der Waals surface area contributed by atoms with Crippen molar-refractivity contribution in [3.05, 3.63) is 57.8 Å². The lowest BCUT2D eigenvalue weighted by molar-refractivity contribution is 0.197. The molecule has 1 aliphatic heterocycles. The number of nitrogens with zero attached hydrogens (tertiary/aromatic N) is 1. The molecule has 0 amide bonds. The first-order valence-electron chi connectivity index (χ1n) is 6.69. The van der Waals surface area contributed by atoms with Crippen molar-refractivity contribution in [2.24, 2.45) is 0 Å². The summed E-state index contributed by atoms with van der Waals surface area (Å²) in [5.74, 6) is -1.51. The molecule has 2 nitrogen and oxygen atoms in total. The molecule has 1 N–H and O–H groups in total. The predicted octanol–water partition coefficient (Wildman–Crippen LogP) is 3.86. The zero-order valence-corrected chi connectivity index (χ0v) is 14.2. The van der Waals surface area contributed by atoms with Crippen molar-refractivity contribution in [3.63, 3.8) is 0 Å². The van der Waals surface area contributed by atoms with Crippen LogP contribution in [0.5, 0.6) is 0 Å². The monoisotopic (exact) mass is 366 g/mol. The second-order valence-electron chi connectivity index (χ2n) is 4.85. The fourth-order valence-electron chi connectivity index (χ4n) is 2.65. The van der Waals surface area contributed by atoms with Gasteiger partial charge in [0.15, 0.2) is 11.6 Å². The maximum absolute atomic E-state index is 14.2. The minimum atomic E-state index is -0.779. The maximum Gasteiger partial charge on any atom is 0.163 e. The van der Waals surface area contributed by atoms with Crippen LogP contribution >= 0.6 is 36.2 Å². The van der Waals surface area contributed by atoms with Gasteiger partial charge in [-0.05, 0) is 17.5 Å². The molecule has 0 spiro atoms. The molecular formula is C15H18Cl2F2N2S. The topological polar surface area (TPSA) is 15.3 Å². The van der Waals surface area contributed by atoms with Crippen LogP contribution in [0.1, 0.15) is 16.5 Å². The minimum Gasteiger partial charge on any atom is -0.314 e. The average Bonchev–Trinajstić information content (AvgIpc) is 2.99. The molecule has 0 radical (unpaired) electrons. The Kier molecular flexibility index (Phi) is 7.72. The third kappa shape index (κ3) is 3.97. The number of piperazine rings is 1. The molecule has 0 aliphatic carbocycles. The standard InChI is InChI=1S/C15H16F2N2S.2ClH/c16-12-4-1-3-11(14(12)17)15(13-5-2-10-20-13)19-8-6-18-7-9-19;;/h1-5,10,15,18H,6-9H2;2*1H/t15-;;/m1../s1. The third-order valence-electron chi connectivity index (χ3n) is 3.61. The Balaban J connectivity index is 0.00000121. The van der Waals surface area contributed by atoms with Crippen molar-refractivity contribution in [1.29, 1.82) is 0 Å². The van der Waals surface area contributed by atoms with Gasteiger partial charge in [-0.3, -0.25) is 4.90 Å². The van der Waals surface area contributed by atoms with Crippen LogP contribution in [0.2, 0.25) is 0 Å². The van der Waals surface area contributed by atoms with E-state index in [1.165, 1.54) is 6.07 Å². The smallest absolute Gasteiger partial charge is 0.163 e. The van der Waals surface area contributed by atoms with Crippen LogP contribution in [0.3, 0.4) is 0 Å². The average molecular weight is 367 g/mol. The highest BCUT2D eigenvalue weighted by Crippen LogP contribution is 2.33. The Morgan fingerprint density at radius 3 is 2.41 bits per heavy atom. The predicted molar refractivity (Wildman–Crippen MR) is 91.5 cm³/mol. The molecule has 22 heavy (non-hydrogen) atoms. The molecule has 1 fully saturated rings. The van der Waals surface area contributed by atoms with Gasteiger partial charge in [-0.1, -0.05) is 18.2 Å². The van der Waals surface area contributed by atoms with Gasteiger partial charge < -0.3 is 5.32 Å². The molecule has 2 heterocycles. The Morgan fingerprint density at radius 2 is 1.77 bits per heavy atom. The molecule has 7 heteroatoms. The molecule has 2 aromatic rings. The minimum absolute atomic E-state index is 0. The second-order valence-corrected chi connectivity index (χ2v) is 5.83. The van der Waals surface area contributed by atoms with Crippen LogP contribution in [-0.4, -0.2) is 31.1 Å². The third-order valence-corrected chi connectivity index (χ3v) is 4.53. The summed E-state index contributed by atoms with van der Waals surface area (Å²) in [5.41, 5.74) is 0.425. The van der Waals surface area contributed by atoms with Crippen molar-refractivity contribution in [2.45, 2.75) is 6.04 Å². The van der Waals surface area contributed by atoms with Crippen molar-refractivity contribution in [1.82, 2.24) is 10.2 Å². The summed E-state index contributed by atoms with van der Waals surface area (Å²) in [6.45, 7) is 3.41. The van der Waals surface area contributed by atoms with E-state index in [1.807, 2.05) is 17.5 Å². The van der Waals surface area contributed by atoms with E-state index in [2.05, 4.69) is 10.2 Å². The summed E-state index contributed by atoms with van der Waals surface area (Å²) in [5, 5.41) is 5.26. The number of halogens is 4. The summed E-state index contributed by atoms with van der Waals surface area (Å²) in [6.07, 6.45) is 0. The molecule has 1 saturated heterocycles. The van der Waals surface area contributed by atoms with E-state index in [0.717, 1.165) is 31.1 Å². The van der Waals surface area contributed by atoms with E-state index in [4.69, 9.17) is 0 Å². The van der Waals surface area contributed by atoms with Gasteiger partial charge in [0.25, 0.3) is 0 Å². The highest BCUT2D eigenvalue weighted by molar-refractivity contribution is 7.10. The highest BCUT2D eigenvalue weighted by Gasteiger charge is 2.27. The molecule has 1 aromatic heterocycles. The normalized spacial score (nSPS) is 16.5. The quantitative estimate of drug-likeness (QED) is 0.886. The van der Waals surface area contributed by atoms with E-state index in [0.29, 0.717) is 5.56 Å². The Bertz CT molecular complexity index is 575. The van der Waals surface area contributed by atoms with Gasteiger partial charge in [0.05, 0.1) is 6.04 Å². The second kappa shape index (κ2) is 8.79. The summed E-state index contributed by atoms with van der Waals surface area (Å²) in [7, 11) is 0. The molecule has 0 unspecified atom stereocenters. The molecule has 0 saturated carbocycles. The molecule has 0 bridgehead atoms. The van der Waals surface area contributed by atoms with Crippen LogP contribution < -0.4 is 5.32 Å². The molecule has 1 atom stereocenters. The van der Waals surface area contributed by atoms with Gasteiger partial charge in [-0.2, -0.15) is 0 Å².